The zero-order valence-electron chi connectivity index (χ0n) is 11.6. The van der Waals surface area contributed by atoms with Crippen LogP contribution < -0.4 is 5.32 Å². The molecule has 0 bridgehead atoms. The molecule has 1 aromatic heterocycles. The van der Waals surface area contributed by atoms with Crippen LogP contribution in [0.3, 0.4) is 0 Å². The molecule has 3 aromatic rings. The number of likely N-dealkylation sites (N-methyl/N-ethyl adjacent to an activating group) is 1. The number of thiophene rings is 1. The van der Waals surface area contributed by atoms with Crippen LogP contribution in [0.1, 0.15) is 17.2 Å². The van der Waals surface area contributed by atoms with Gasteiger partial charge in [0.25, 0.3) is 0 Å². The van der Waals surface area contributed by atoms with Crippen molar-refractivity contribution in [1.29, 1.82) is 0 Å². The lowest BCUT2D eigenvalue weighted by atomic mass is 9.99. The number of benzene rings is 2. The number of hydrogen-bond acceptors (Lipinski definition) is 2. The molecule has 0 aliphatic heterocycles. The van der Waals surface area contributed by atoms with Gasteiger partial charge in [-0.1, -0.05) is 50.1 Å². The molecule has 4 heteroatoms. The summed E-state index contributed by atoms with van der Waals surface area (Å²) < 4.78 is 3.56. The summed E-state index contributed by atoms with van der Waals surface area (Å²) in [5.41, 5.74) is 2.69. The van der Waals surface area contributed by atoms with Gasteiger partial charge in [0.15, 0.2) is 0 Å². The fraction of sp³-hybridized carbons (Fsp3) is 0.176. The van der Waals surface area contributed by atoms with Crippen molar-refractivity contribution in [3.8, 4) is 0 Å². The van der Waals surface area contributed by atoms with Crippen LogP contribution in [0.25, 0.3) is 10.1 Å². The summed E-state index contributed by atoms with van der Waals surface area (Å²) in [6.45, 7) is 0. The van der Waals surface area contributed by atoms with Crippen LogP contribution in [-0.4, -0.2) is 7.05 Å². The monoisotopic (exact) mass is 423 g/mol. The summed E-state index contributed by atoms with van der Waals surface area (Å²) in [7, 11) is 2.02. The Morgan fingerprint density at radius 3 is 2.52 bits per heavy atom. The van der Waals surface area contributed by atoms with Crippen molar-refractivity contribution in [3.63, 3.8) is 0 Å². The number of hydrogen-bond donors (Lipinski definition) is 1. The first-order chi connectivity index (χ1) is 10.2. The first-order valence-corrected chi connectivity index (χ1v) is 9.22. The smallest absolute Gasteiger partial charge is 0.0359 e. The average Bonchev–Trinajstić information content (AvgIpc) is 2.87. The quantitative estimate of drug-likeness (QED) is 0.547. The van der Waals surface area contributed by atoms with Gasteiger partial charge in [-0.05, 0) is 59.6 Å². The molecule has 1 N–H and O–H groups in total. The van der Waals surface area contributed by atoms with E-state index in [2.05, 4.69) is 85.0 Å². The van der Waals surface area contributed by atoms with E-state index in [1.165, 1.54) is 21.2 Å². The molecular weight excluding hydrogens is 410 g/mol. The summed E-state index contributed by atoms with van der Waals surface area (Å²) in [5, 5.41) is 7.09. The van der Waals surface area contributed by atoms with Crippen molar-refractivity contribution in [1.82, 2.24) is 5.32 Å². The normalized spacial score (nSPS) is 12.7. The van der Waals surface area contributed by atoms with Crippen LogP contribution >= 0.6 is 43.2 Å². The lowest BCUT2D eigenvalue weighted by Crippen LogP contribution is -2.18. The number of nitrogens with one attached hydrogen (secondary N) is 1. The zero-order chi connectivity index (χ0) is 14.8. The Hall–Kier alpha value is -0.680. The minimum absolute atomic E-state index is 0.303. The molecule has 0 spiro atoms. The largest absolute Gasteiger partial charge is 0.313 e. The van der Waals surface area contributed by atoms with Gasteiger partial charge < -0.3 is 5.32 Å². The topological polar surface area (TPSA) is 12.0 Å². The lowest BCUT2D eigenvalue weighted by Gasteiger charge is -2.17. The van der Waals surface area contributed by atoms with Crippen molar-refractivity contribution in [2.24, 2.45) is 0 Å². The van der Waals surface area contributed by atoms with Gasteiger partial charge >= 0.3 is 0 Å². The van der Waals surface area contributed by atoms with Crippen molar-refractivity contribution in [2.75, 3.05) is 7.05 Å². The van der Waals surface area contributed by atoms with E-state index in [1.807, 2.05) is 18.4 Å². The van der Waals surface area contributed by atoms with Gasteiger partial charge in [-0.3, -0.25) is 0 Å². The number of rotatable bonds is 4. The molecule has 108 valence electrons. The number of fused-ring (bicyclic) bond motifs is 1. The van der Waals surface area contributed by atoms with Crippen LogP contribution in [0.2, 0.25) is 0 Å². The molecule has 0 fully saturated rings. The predicted molar refractivity (Wildman–Crippen MR) is 99.2 cm³/mol. The molecule has 21 heavy (non-hydrogen) atoms. The highest BCUT2D eigenvalue weighted by atomic mass is 79.9. The lowest BCUT2D eigenvalue weighted by molar-refractivity contribution is 0.594. The van der Waals surface area contributed by atoms with E-state index in [1.54, 1.807) is 0 Å². The molecule has 0 saturated heterocycles. The third kappa shape index (κ3) is 3.39. The molecule has 1 heterocycles. The Morgan fingerprint density at radius 1 is 1.10 bits per heavy atom. The Bertz CT molecular complexity index is 746. The molecule has 3 rings (SSSR count). The average molecular weight is 425 g/mol. The van der Waals surface area contributed by atoms with Crippen LogP contribution in [0.15, 0.2) is 56.8 Å². The van der Waals surface area contributed by atoms with Crippen LogP contribution in [-0.2, 0) is 6.42 Å². The summed E-state index contributed by atoms with van der Waals surface area (Å²) in [4.78, 5) is 0. The second kappa shape index (κ2) is 6.61. The van der Waals surface area contributed by atoms with Crippen LogP contribution in [0.5, 0.6) is 0 Å². The highest BCUT2D eigenvalue weighted by Gasteiger charge is 2.14. The molecule has 0 saturated carbocycles. The summed E-state index contributed by atoms with van der Waals surface area (Å²) in [6, 6.07) is 15.3. The molecular formula is C17H15Br2NS. The summed E-state index contributed by atoms with van der Waals surface area (Å²) >= 11 is 8.97. The minimum atomic E-state index is 0.303. The highest BCUT2D eigenvalue weighted by molar-refractivity contribution is 9.11. The van der Waals surface area contributed by atoms with E-state index < -0.39 is 0 Å². The summed E-state index contributed by atoms with van der Waals surface area (Å²) in [5.74, 6) is 0. The molecule has 0 aliphatic rings. The fourth-order valence-electron chi connectivity index (χ4n) is 2.57. The van der Waals surface area contributed by atoms with Crippen LogP contribution in [0, 0.1) is 0 Å². The maximum atomic E-state index is 3.57. The maximum Gasteiger partial charge on any atom is 0.0359 e. The van der Waals surface area contributed by atoms with Gasteiger partial charge in [0, 0.05) is 19.7 Å². The molecule has 1 atom stereocenters. The first kappa shape index (κ1) is 15.2. The zero-order valence-corrected chi connectivity index (χ0v) is 15.6. The number of halogens is 2. The Balaban J connectivity index is 1.94. The van der Waals surface area contributed by atoms with Gasteiger partial charge in [-0.2, -0.15) is 0 Å². The predicted octanol–water partition coefficient (Wildman–Crippen LogP) is 5.93. The van der Waals surface area contributed by atoms with Gasteiger partial charge in [-0.25, -0.2) is 0 Å². The Morgan fingerprint density at radius 2 is 1.81 bits per heavy atom. The van der Waals surface area contributed by atoms with E-state index in [0.29, 0.717) is 6.04 Å². The highest BCUT2D eigenvalue weighted by Crippen LogP contribution is 2.31. The molecule has 1 nitrogen and oxygen atoms in total. The SMILES string of the molecule is CNC(Cc1csc2ccccc12)c1cc(Br)cc(Br)c1. The van der Waals surface area contributed by atoms with E-state index in [-0.39, 0.29) is 0 Å². The Labute approximate surface area is 145 Å². The molecule has 2 aromatic carbocycles. The van der Waals surface area contributed by atoms with Crippen molar-refractivity contribution >= 4 is 53.3 Å². The van der Waals surface area contributed by atoms with Crippen molar-refractivity contribution < 1.29 is 0 Å². The van der Waals surface area contributed by atoms with E-state index in [4.69, 9.17) is 0 Å². The summed E-state index contributed by atoms with van der Waals surface area (Å²) in [6.07, 6.45) is 0.989. The second-order valence-corrected chi connectivity index (χ2v) is 7.75. The van der Waals surface area contributed by atoms with Gasteiger partial charge in [0.2, 0.25) is 0 Å². The van der Waals surface area contributed by atoms with E-state index in [9.17, 15) is 0 Å². The molecule has 1 unspecified atom stereocenters. The molecule has 0 amide bonds. The maximum absolute atomic E-state index is 3.57. The second-order valence-electron chi connectivity index (χ2n) is 5.01. The van der Waals surface area contributed by atoms with Crippen LogP contribution in [0.4, 0.5) is 0 Å². The van der Waals surface area contributed by atoms with Gasteiger partial charge in [0.05, 0.1) is 0 Å². The minimum Gasteiger partial charge on any atom is -0.313 e. The third-order valence-corrected chi connectivity index (χ3v) is 5.55. The third-order valence-electron chi connectivity index (χ3n) is 3.62. The first-order valence-electron chi connectivity index (χ1n) is 6.76. The Kier molecular flexibility index (Phi) is 4.79. The van der Waals surface area contributed by atoms with Gasteiger partial charge in [0.1, 0.15) is 0 Å². The van der Waals surface area contributed by atoms with Crippen molar-refractivity contribution in [2.45, 2.75) is 12.5 Å². The van der Waals surface area contributed by atoms with E-state index >= 15 is 0 Å². The molecule has 0 radical (unpaired) electrons. The van der Waals surface area contributed by atoms with Crippen molar-refractivity contribution in [3.05, 3.63) is 67.9 Å². The van der Waals surface area contributed by atoms with Gasteiger partial charge in [-0.15, -0.1) is 11.3 Å². The standard InChI is InChI=1S/C17H15Br2NS/c1-20-16(11-6-13(18)9-14(19)7-11)8-12-10-21-17-5-3-2-4-15(12)17/h2-7,9-10,16,20H,8H2,1H3. The van der Waals surface area contributed by atoms with E-state index in [0.717, 1.165) is 15.4 Å². The fourth-order valence-corrected chi connectivity index (χ4v) is 4.88. The molecule has 0 aliphatic carbocycles.